The number of aromatic nitrogens is 3. The summed E-state index contributed by atoms with van der Waals surface area (Å²) in [4.78, 5) is 28.0. The monoisotopic (exact) mass is 359 g/mol. The number of amides is 2. The minimum atomic E-state index is -0.681. The van der Waals surface area contributed by atoms with Crippen LogP contribution in [-0.4, -0.2) is 39.2 Å². The van der Waals surface area contributed by atoms with Gasteiger partial charge < -0.3 is 10.6 Å². The number of nitrogens with zero attached hydrogens (tertiary/aromatic N) is 3. The number of fused-ring (bicyclic) bond motifs is 1. The van der Waals surface area contributed by atoms with Gasteiger partial charge in [0.15, 0.2) is 0 Å². The lowest BCUT2D eigenvalue weighted by Gasteiger charge is -2.24. The molecule has 2 N–H and O–H groups in total. The average molecular weight is 359 g/mol. The summed E-state index contributed by atoms with van der Waals surface area (Å²) in [5.41, 5.74) is 1.53. The fourth-order valence-corrected chi connectivity index (χ4v) is 3.07. The van der Waals surface area contributed by atoms with Gasteiger partial charge in [-0.3, -0.25) is 14.3 Å². The molecule has 2 aromatic heterocycles. The lowest BCUT2D eigenvalue weighted by atomic mass is 9.94. The highest BCUT2D eigenvalue weighted by molar-refractivity contribution is 5.95. The van der Waals surface area contributed by atoms with E-state index < -0.39 is 11.9 Å². The van der Waals surface area contributed by atoms with Crippen molar-refractivity contribution in [3.8, 4) is 0 Å². The van der Waals surface area contributed by atoms with E-state index in [1.165, 1.54) is 18.2 Å². The molecular formula is C18H22FN5O2. The molecule has 0 bridgehead atoms. The maximum absolute atomic E-state index is 13.1. The number of carbonyl (C=O) groups excluding carboxylic acids is 2. The lowest BCUT2D eigenvalue weighted by Crippen LogP contribution is -2.35. The van der Waals surface area contributed by atoms with Crippen LogP contribution in [0.25, 0.3) is 0 Å². The molecule has 7 nitrogen and oxygen atoms in total. The minimum Gasteiger partial charge on any atom is -0.350 e. The van der Waals surface area contributed by atoms with Crippen LogP contribution in [0.1, 0.15) is 46.8 Å². The molecule has 0 spiro atoms. The Bertz CT molecular complexity index is 818. The smallest absolute Gasteiger partial charge is 0.270 e. The van der Waals surface area contributed by atoms with Crippen molar-refractivity contribution in [2.45, 2.75) is 39.3 Å². The van der Waals surface area contributed by atoms with E-state index in [0.717, 1.165) is 12.1 Å². The summed E-state index contributed by atoms with van der Waals surface area (Å²) in [6.45, 7) is 4.95. The van der Waals surface area contributed by atoms with Gasteiger partial charge in [0, 0.05) is 19.1 Å². The second-order valence-corrected chi connectivity index (χ2v) is 6.77. The van der Waals surface area contributed by atoms with Crippen molar-refractivity contribution in [3.05, 3.63) is 47.3 Å². The highest BCUT2D eigenvalue weighted by Gasteiger charge is 2.26. The van der Waals surface area contributed by atoms with Crippen LogP contribution in [-0.2, 0) is 13.0 Å². The third-order valence-corrected chi connectivity index (χ3v) is 4.34. The Hall–Kier alpha value is -2.77. The predicted octanol–water partition coefficient (Wildman–Crippen LogP) is 1.55. The van der Waals surface area contributed by atoms with Crippen LogP contribution >= 0.6 is 0 Å². The Morgan fingerprint density at radius 3 is 2.88 bits per heavy atom. The number of rotatable bonds is 5. The fourth-order valence-electron chi connectivity index (χ4n) is 3.07. The van der Waals surface area contributed by atoms with Crippen LogP contribution < -0.4 is 10.6 Å². The first-order chi connectivity index (χ1) is 12.4. The van der Waals surface area contributed by atoms with Crippen molar-refractivity contribution in [3.63, 3.8) is 0 Å². The normalized spacial score (nSPS) is 16.2. The molecule has 2 aromatic rings. The van der Waals surface area contributed by atoms with Crippen molar-refractivity contribution in [2.24, 2.45) is 5.92 Å². The maximum Gasteiger partial charge on any atom is 0.270 e. The van der Waals surface area contributed by atoms with Crippen molar-refractivity contribution >= 4 is 11.8 Å². The average Bonchev–Trinajstić information content (AvgIpc) is 3.02. The first kappa shape index (κ1) is 18.0. The fraction of sp³-hybridized carbons (Fsp3) is 0.444. The van der Waals surface area contributed by atoms with Crippen LogP contribution in [0.4, 0.5) is 4.39 Å². The molecule has 1 aliphatic rings. The van der Waals surface area contributed by atoms with Gasteiger partial charge in [-0.2, -0.15) is 9.49 Å². The van der Waals surface area contributed by atoms with E-state index >= 15 is 0 Å². The molecule has 3 rings (SSSR count). The first-order valence-electron chi connectivity index (χ1n) is 8.70. The quantitative estimate of drug-likeness (QED) is 0.793. The number of aryl methyl sites for hydroxylation is 1. The Labute approximate surface area is 151 Å². The molecule has 3 heterocycles. The summed E-state index contributed by atoms with van der Waals surface area (Å²) in [6.07, 6.45) is 3.10. The van der Waals surface area contributed by atoms with Crippen molar-refractivity contribution in [1.82, 2.24) is 25.4 Å². The molecule has 0 saturated carbocycles. The van der Waals surface area contributed by atoms with Crippen LogP contribution in [0.2, 0.25) is 0 Å². The van der Waals surface area contributed by atoms with E-state index in [2.05, 4.69) is 20.7 Å². The molecule has 0 saturated heterocycles. The Morgan fingerprint density at radius 1 is 1.35 bits per heavy atom. The van der Waals surface area contributed by atoms with E-state index in [1.807, 2.05) is 18.5 Å². The van der Waals surface area contributed by atoms with Crippen molar-refractivity contribution in [2.75, 3.05) is 6.54 Å². The molecule has 2 amide bonds. The van der Waals surface area contributed by atoms with Crippen LogP contribution in [0, 0.1) is 11.9 Å². The topological polar surface area (TPSA) is 88.9 Å². The second-order valence-electron chi connectivity index (χ2n) is 6.77. The summed E-state index contributed by atoms with van der Waals surface area (Å²) in [7, 11) is 0. The highest BCUT2D eigenvalue weighted by atomic mass is 19.1. The molecule has 0 aromatic carbocycles. The Morgan fingerprint density at radius 2 is 2.15 bits per heavy atom. The molecule has 1 atom stereocenters. The van der Waals surface area contributed by atoms with Crippen LogP contribution in [0.15, 0.2) is 24.4 Å². The van der Waals surface area contributed by atoms with Crippen molar-refractivity contribution in [1.29, 1.82) is 0 Å². The summed E-state index contributed by atoms with van der Waals surface area (Å²) in [5.74, 6) is -1.03. The van der Waals surface area contributed by atoms with E-state index in [-0.39, 0.29) is 23.6 Å². The summed E-state index contributed by atoms with van der Waals surface area (Å²) in [5, 5.41) is 9.97. The van der Waals surface area contributed by atoms with Gasteiger partial charge in [-0.25, -0.2) is 4.98 Å². The Balaban J connectivity index is 1.62. The summed E-state index contributed by atoms with van der Waals surface area (Å²) >= 11 is 0. The summed E-state index contributed by atoms with van der Waals surface area (Å²) < 4.78 is 15.0. The predicted molar refractivity (Wildman–Crippen MR) is 93.2 cm³/mol. The van der Waals surface area contributed by atoms with Gasteiger partial charge in [-0.15, -0.1) is 0 Å². The SMILES string of the molecule is CC(C)NC(=O)c1cnn2c1CC(CNC(=O)c1cccc(F)n1)CC2. The second kappa shape index (κ2) is 7.63. The molecule has 26 heavy (non-hydrogen) atoms. The van der Waals surface area contributed by atoms with E-state index in [0.29, 0.717) is 25.1 Å². The van der Waals surface area contributed by atoms with Crippen LogP contribution in [0.3, 0.4) is 0 Å². The minimum absolute atomic E-state index is 0.0514. The van der Waals surface area contributed by atoms with Gasteiger partial charge in [0.25, 0.3) is 11.8 Å². The largest absolute Gasteiger partial charge is 0.350 e. The van der Waals surface area contributed by atoms with Gasteiger partial charge >= 0.3 is 0 Å². The zero-order chi connectivity index (χ0) is 18.7. The molecule has 8 heteroatoms. The van der Waals surface area contributed by atoms with E-state index in [1.54, 1.807) is 6.20 Å². The van der Waals surface area contributed by atoms with Gasteiger partial charge in [0.2, 0.25) is 5.95 Å². The van der Waals surface area contributed by atoms with Gasteiger partial charge in [0.1, 0.15) is 5.69 Å². The number of halogens is 1. The summed E-state index contributed by atoms with van der Waals surface area (Å²) in [6, 6.07) is 4.18. The van der Waals surface area contributed by atoms with E-state index in [9.17, 15) is 14.0 Å². The Kier molecular flexibility index (Phi) is 5.29. The molecule has 1 aliphatic heterocycles. The molecule has 1 unspecified atom stereocenters. The van der Waals surface area contributed by atoms with Gasteiger partial charge in [0.05, 0.1) is 17.5 Å². The zero-order valence-corrected chi connectivity index (χ0v) is 14.8. The molecule has 0 radical (unpaired) electrons. The number of pyridine rings is 1. The first-order valence-corrected chi connectivity index (χ1v) is 8.70. The van der Waals surface area contributed by atoms with E-state index in [4.69, 9.17) is 0 Å². The standard InChI is InChI=1S/C18H22FN5O2/c1-11(2)22-17(25)13-10-21-24-7-6-12(8-15(13)24)9-20-18(26)14-4-3-5-16(19)23-14/h3-5,10-12H,6-9H2,1-2H3,(H,20,26)(H,22,25). The number of carbonyl (C=O) groups is 2. The van der Waals surface area contributed by atoms with Gasteiger partial charge in [-0.1, -0.05) is 6.07 Å². The van der Waals surface area contributed by atoms with Crippen molar-refractivity contribution < 1.29 is 14.0 Å². The number of hydrogen-bond donors (Lipinski definition) is 2. The molecule has 138 valence electrons. The lowest BCUT2D eigenvalue weighted by molar-refractivity contribution is 0.0927. The third kappa shape index (κ3) is 4.07. The molecule has 0 fully saturated rings. The van der Waals surface area contributed by atoms with Crippen LogP contribution in [0.5, 0.6) is 0 Å². The third-order valence-electron chi connectivity index (χ3n) is 4.34. The molecular weight excluding hydrogens is 337 g/mol. The highest BCUT2D eigenvalue weighted by Crippen LogP contribution is 2.22. The zero-order valence-electron chi connectivity index (χ0n) is 14.8. The maximum atomic E-state index is 13.1. The number of hydrogen-bond acceptors (Lipinski definition) is 4. The number of nitrogens with one attached hydrogen (secondary N) is 2. The van der Waals surface area contributed by atoms with Gasteiger partial charge in [-0.05, 0) is 44.7 Å². The molecule has 0 aliphatic carbocycles.